The van der Waals surface area contributed by atoms with Crippen molar-refractivity contribution in [2.24, 2.45) is 0 Å². The molecule has 0 saturated carbocycles. The van der Waals surface area contributed by atoms with Gasteiger partial charge < -0.3 is 14.2 Å². The van der Waals surface area contributed by atoms with Crippen LogP contribution in [0, 0.1) is 0 Å². The van der Waals surface area contributed by atoms with Crippen molar-refractivity contribution in [2.75, 3.05) is 60.8 Å². The van der Waals surface area contributed by atoms with Crippen LogP contribution in [0.2, 0.25) is 0 Å². The zero-order valence-corrected chi connectivity index (χ0v) is 9.47. The number of hydrogen-bond donors (Lipinski definition) is 2. The Morgan fingerprint density at radius 2 is 1.36 bits per heavy atom. The standard InChI is InChI=1S/C9H22N2O3/c1-12-7-4-10-11(5-8-13-2)6-9-14-3/h10H,4-9H2,1-3H3/p+1. The van der Waals surface area contributed by atoms with E-state index in [9.17, 15) is 0 Å². The van der Waals surface area contributed by atoms with Gasteiger partial charge >= 0.3 is 0 Å². The van der Waals surface area contributed by atoms with E-state index in [1.807, 2.05) is 0 Å². The summed E-state index contributed by atoms with van der Waals surface area (Å²) in [6, 6.07) is 0. The average molecular weight is 207 g/mol. The van der Waals surface area contributed by atoms with Crippen LogP contribution < -0.4 is 10.4 Å². The number of rotatable bonds is 10. The van der Waals surface area contributed by atoms with E-state index in [1.165, 1.54) is 5.01 Å². The Balaban J connectivity index is 3.49. The molecular weight excluding hydrogens is 184 g/mol. The molecule has 14 heavy (non-hydrogen) atoms. The zero-order valence-electron chi connectivity index (χ0n) is 9.47. The maximum absolute atomic E-state index is 5.03. The van der Waals surface area contributed by atoms with Gasteiger partial charge in [0.1, 0.15) is 13.1 Å². The minimum Gasteiger partial charge on any atom is -0.383 e. The molecule has 0 amide bonds. The van der Waals surface area contributed by atoms with Crippen molar-refractivity contribution in [1.82, 2.24) is 5.43 Å². The summed E-state index contributed by atoms with van der Waals surface area (Å²) in [5, 5.41) is 1.27. The van der Waals surface area contributed by atoms with E-state index in [1.54, 1.807) is 21.3 Å². The van der Waals surface area contributed by atoms with Gasteiger partial charge in [0, 0.05) is 21.3 Å². The molecule has 0 aliphatic rings. The fraction of sp³-hybridized carbons (Fsp3) is 1.00. The van der Waals surface area contributed by atoms with E-state index in [-0.39, 0.29) is 0 Å². The monoisotopic (exact) mass is 207 g/mol. The minimum absolute atomic E-state index is 0.726. The molecule has 5 heteroatoms. The maximum Gasteiger partial charge on any atom is 0.118 e. The maximum atomic E-state index is 5.03. The van der Waals surface area contributed by atoms with Crippen molar-refractivity contribution in [1.29, 1.82) is 0 Å². The average Bonchev–Trinajstić information content (AvgIpc) is 2.21. The molecule has 86 valence electrons. The van der Waals surface area contributed by atoms with Gasteiger partial charge in [-0.1, -0.05) is 0 Å². The van der Waals surface area contributed by atoms with E-state index in [2.05, 4.69) is 5.43 Å². The number of nitrogens with one attached hydrogen (secondary N) is 2. The van der Waals surface area contributed by atoms with E-state index >= 15 is 0 Å². The molecule has 0 bridgehead atoms. The first-order chi connectivity index (χ1) is 6.85. The topological polar surface area (TPSA) is 44.2 Å². The highest BCUT2D eigenvalue weighted by Gasteiger charge is 2.06. The highest BCUT2D eigenvalue weighted by molar-refractivity contribution is 4.31. The van der Waals surface area contributed by atoms with Gasteiger partial charge in [0.25, 0.3) is 0 Å². The van der Waals surface area contributed by atoms with Gasteiger partial charge in [-0.3, -0.25) is 5.01 Å². The summed E-state index contributed by atoms with van der Waals surface area (Å²) < 4.78 is 15.0. The van der Waals surface area contributed by atoms with E-state index < -0.39 is 0 Å². The number of quaternary nitrogens is 1. The van der Waals surface area contributed by atoms with Crippen molar-refractivity contribution in [3.63, 3.8) is 0 Å². The van der Waals surface area contributed by atoms with Crippen LogP contribution in [-0.4, -0.2) is 60.8 Å². The smallest absolute Gasteiger partial charge is 0.118 e. The van der Waals surface area contributed by atoms with Crippen molar-refractivity contribution in [3.8, 4) is 0 Å². The summed E-state index contributed by atoms with van der Waals surface area (Å²) in [5.41, 5.74) is 3.32. The summed E-state index contributed by atoms with van der Waals surface area (Å²) >= 11 is 0. The molecule has 0 aliphatic carbocycles. The molecule has 2 N–H and O–H groups in total. The van der Waals surface area contributed by atoms with Crippen molar-refractivity contribution < 1.29 is 19.2 Å². The number of ether oxygens (including phenoxy) is 3. The van der Waals surface area contributed by atoms with Gasteiger partial charge in [-0.25, -0.2) is 0 Å². The van der Waals surface area contributed by atoms with Crippen LogP contribution in [-0.2, 0) is 14.2 Å². The molecule has 0 aromatic carbocycles. The van der Waals surface area contributed by atoms with Gasteiger partial charge in [-0.2, -0.15) is 5.43 Å². The Morgan fingerprint density at radius 1 is 0.857 bits per heavy atom. The molecule has 0 aromatic heterocycles. The van der Waals surface area contributed by atoms with Gasteiger partial charge in [-0.05, 0) is 0 Å². The van der Waals surface area contributed by atoms with Crippen LogP contribution in [0.25, 0.3) is 0 Å². The highest BCUT2D eigenvalue weighted by Crippen LogP contribution is 1.63. The quantitative estimate of drug-likeness (QED) is 0.332. The van der Waals surface area contributed by atoms with Crippen LogP contribution in [0.5, 0.6) is 0 Å². The van der Waals surface area contributed by atoms with Crippen molar-refractivity contribution in [3.05, 3.63) is 0 Å². The lowest BCUT2D eigenvalue weighted by atomic mass is 10.5. The zero-order chi connectivity index (χ0) is 10.6. The molecule has 0 unspecified atom stereocenters. The summed E-state index contributed by atoms with van der Waals surface area (Å²) in [6.45, 7) is 4.94. The largest absolute Gasteiger partial charge is 0.383 e. The van der Waals surface area contributed by atoms with Gasteiger partial charge in [-0.15, -0.1) is 0 Å². The van der Waals surface area contributed by atoms with Crippen LogP contribution in [0.3, 0.4) is 0 Å². The molecule has 0 heterocycles. The second-order valence-corrected chi connectivity index (χ2v) is 3.01. The predicted octanol–water partition coefficient (Wildman–Crippen LogP) is -1.68. The minimum atomic E-state index is 0.726. The lowest BCUT2D eigenvalue weighted by Crippen LogP contribution is -3.19. The van der Waals surface area contributed by atoms with Gasteiger partial charge in [0.15, 0.2) is 0 Å². The second-order valence-electron chi connectivity index (χ2n) is 3.01. The third-order valence-electron chi connectivity index (χ3n) is 1.90. The molecule has 0 fully saturated rings. The van der Waals surface area contributed by atoms with Crippen LogP contribution in [0.1, 0.15) is 0 Å². The fourth-order valence-corrected chi connectivity index (χ4v) is 1.08. The molecule has 0 aliphatic heterocycles. The Kier molecular flexibility index (Phi) is 10.7. The fourth-order valence-electron chi connectivity index (χ4n) is 1.08. The molecule has 0 spiro atoms. The van der Waals surface area contributed by atoms with Gasteiger partial charge in [0.05, 0.1) is 26.4 Å². The predicted molar refractivity (Wildman–Crippen MR) is 54.3 cm³/mol. The van der Waals surface area contributed by atoms with Crippen LogP contribution in [0.4, 0.5) is 0 Å². The number of methoxy groups -OCH3 is 3. The Hall–Kier alpha value is -0.200. The van der Waals surface area contributed by atoms with E-state index in [4.69, 9.17) is 14.2 Å². The summed E-state index contributed by atoms with van der Waals surface area (Å²) in [7, 11) is 5.12. The lowest BCUT2D eigenvalue weighted by molar-refractivity contribution is -0.945. The van der Waals surface area contributed by atoms with Gasteiger partial charge in [0.2, 0.25) is 0 Å². The first-order valence-electron chi connectivity index (χ1n) is 4.90. The second kappa shape index (κ2) is 10.9. The van der Waals surface area contributed by atoms with Crippen LogP contribution >= 0.6 is 0 Å². The molecule has 0 radical (unpaired) electrons. The molecule has 0 rings (SSSR count). The summed E-state index contributed by atoms with van der Waals surface area (Å²) in [6.07, 6.45) is 0. The van der Waals surface area contributed by atoms with E-state index in [0.717, 1.165) is 39.5 Å². The molecule has 0 atom stereocenters. The first-order valence-corrected chi connectivity index (χ1v) is 4.90. The third-order valence-corrected chi connectivity index (χ3v) is 1.90. The molecule has 0 aromatic rings. The van der Waals surface area contributed by atoms with Crippen molar-refractivity contribution >= 4 is 0 Å². The molecule has 5 nitrogen and oxygen atoms in total. The summed E-state index contributed by atoms with van der Waals surface area (Å²) in [5.74, 6) is 0. The Labute approximate surface area is 86.3 Å². The normalized spacial score (nSPS) is 11.1. The molecular formula is C9H23N2O3+. The lowest BCUT2D eigenvalue weighted by Gasteiger charge is -2.18. The van der Waals surface area contributed by atoms with Crippen molar-refractivity contribution in [2.45, 2.75) is 0 Å². The summed E-state index contributed by atoms with van der Waals surface area (Å²) in [4.78, 5) is 0. The first kappa shape index (κ1) is 13.8. The Bertz CT molecular complexity index is 106. The van der Waals surface area contributed by atoms with Crippen LogP contribution in [0.15, 0.2) is 0 Å². The van der Waals surface area contributed by atoms with E-state index in [0.29, 0.717) is 0 Å². The highest BCUT2D eigenvalue weighted by atomic mass is 16.5. The third kappa shape index (κ3) is 8.40. The molecule has 0 saturated heterocycles. The number of hydrogen-bond acceptors (Lipinski definition) is 4. The Morgan fingerprint density at radius 3 is 1.79 bits per heavy atom. The SMILES string of the molecule is COCCN[NH+](CCOC)CCOC.